The van der Waals surface area contributed by atoms with Crippen molar-refractivity contribution in [1.82, 2.24) is 25.2 Å². The second-order valence-corrected chi connectivity index (χ2v) is 10.8. The van der Waals surface area contributed by atoms with Crippen molar-refractivity contribution in [3.05, 3.63) is 107 Å². The molecular formula is C32H36N6O2S. The van der Waals surface area contributed by atoms with Gasteiger partial charge in [0.15, 0.2) is 10.9 Å². The molecule has 4 aromatic rings. The standard InChI is InChI=1S/C32H36N6O2S/c1-2-26-23-30(38-21-19-37(20-22-38)18-8-11-25-9-4-3-5-10-25)36-32(35-26)41-24-28-13-14-29(40-28)31(39)34-17-15-27-12-6-7-16-33-27/h3-14,16,23H,2,15,17-22,24H2,1H3,(H,34,39)/b11-8+. The summed E-state index contributed by atoms with van der Waals surface area (Å²) in [6.45, 7) is 7.41. The number of furan rings is 1. The van der Waals surface area contributed by atoms with E-state index >= 15 is 0 Å². The summed E-state index contributed by atoms with van der Waals surface area (Å²) < 4.78 is 5.82. The summed E-state index contributed by atoms with van der Waals surface area (Å²) in [5.74, 6) is 2.33. The Balaban J connectivity index is 1.11. The number of hydrogen-bond donors (Lipinski definition) is 1. The number of carbonyl (C=O) groups is 1. The third-order valence-electron chi connectivity index (χ3n) is 6.90. The van der Waals surface area contributed by atoms with Crippen molar-refractivity contribution in [2.24, 2.45) is 0 Å². The molecule has 0 atom stereocenters. The van der Waals surface area contributed by atoms with E-state index in [1.807, 2.05) is 30.3 Å². The molecule has 3 aromatic heterocycles. The van der Waals surface area contributed by atoms with Crippen molar-refractivity contribution in [2.75, 3.05) is 44.2 Å². The van der Waals surface area contributed by atoms with E-state index in [-0.39, 0.29) is 5.91 Å². The fraction of sp³-hybridized carbons (Fsp3) is 0.312. The van der Waals surface area contributed by atoms with Crippen LogP contribution in [0.5, 0.6) is 0 Å². The Morgan fingerprint density at radius 1 is 1.00 bits per heavy atom. The summed E-state index contributed by atoms with van der Waals surface area (Å²) in [5, 5.41) is 3.63. The van der Waals surface area contributed by atoms with E-state index in [2.05, 4.69) is 69.5 Å². The highest BCUT2D eigenvalue weighted by atomic mass is 32.2. The van der Waals surface area contributed by atoms with Gasteiger partial charge in [0.05, 0.1) is 5.75 Å². The van der Waals surface area contributed by atoms with E-state index in [1.54, 1.807) is 12.3 Å². The highest BCUT2D eigenvalue weighted by Gasteiger charge is 2.19. The third-order valence-corrected chi connectivity index (χ3v) is 7.77. The van der Waals surface area contributed by atoms with E-state index in [1.165, 1.54) is 17.3 Å². The molecule has 0 spiro atoms. The Bertz CT molecular complexity index is 1420. The molecule has 8 nitrogen and oxygen atoms in total. The van der Waals surface area contributed by atoms with Gasteiger partial charge in [-0.25, -0.2) is 9.97 Å². The molecule has 0 saturated carbocycles. The topological polar surface area (TPSA) is 87.4 Å². The third kappa shape index (κ3) is 8.52. The first-order valence-electron chi connectivity index (χ1n) is 14.1. The van der Waals surface area contributed by atoms with Gasteiger partial charge in [0.1, 0.15) is 11.6 Å². The number of anilines is 1. The van der Waals surface area contributed by atoms with Crippen molar-refractivity contribution in [3.63, 3.8) is 0 Å². The quantitative estimate of drug-likeness (QED) is 0.186. The molecule has 1 saturated heterocycles. The van der Waals surface area contributed by atoms with Gasteiger partial charge in [-0.2, -0.15) is 0 Å². The molecular weight excluding hydrogens is 532 g/mol. The number of nitrogens with one attached hydrogen (secondary N) is 1. The summed E-state index contributed by atoms with van der Waals surface area (Å²) in [4.78, 5) is 31.2. The van der Waals surface area contributed by atoms with Gasteiger partial charge in [-0.05, 0) is 36.2 Å². The van der Waals surface area contributed by atoms with Crippen LogP contribution in [0.4, 0.5) is 5.82 Å². The SMILES string of the molecule is CCc1cc(N2CCN(C/C=C/c3ccccc3)CC2)nc(SCc2ccc(C(=O)NCCc3ccccn3)o2)n1. The van der Waals surface area contributed by atoms with Gasteiger partial charge >= 0.3 is 0 Å². The molecule has 1 amide bonds. The molecule has 41 heavy (non-hydrogen) atoms. The molecule has 4 heterocycles. The number of pyridine rings is 1. The van der Waals surface area contributed by atoms with Crippen LogP contribution in [-0.2, 0) is 18.6 Å². The van der Waals surface area contributed by atoms with Gasteiger partial charge in [-0.15, -0.1) is 0 Å². The maximum atomic E-state index is 12.5. The van der Waals surface area contributed by atoms with E-state index in [4.69, 9.17) is 14.4 Å². The second kappa shape index (κ2) is 14.6. The predicted octanol–water partition coefficient (Wildman–Crippen LogP) is 5.13. The lowest BCUT2D eigenvalue weighted by molar-refractivity contribution is 0.0925. The zero-order valence-electron chi connectivity index (χ0n) is 23.4. The van der Waals surface area contributed by atoms with E-state index in [9.17, 15) is 4.79 Å². The Hall–Kier alpha value is -3.95. The van der Waals surface area contributed by atoms with Crippen LogP contribution in [-0.4, -0.2) is 65.0 Å². The zero-order valence-corrected chi connectivity index (χ0v) is 24.2. The molecule has 212 valence electrons. The van der Waals surface area contributed by atoms with Crippen LogP contribution in [0.15, 0.2) is 88.6 Å². The zero-order chi connectivity index (χ0) is 28.3. The number of rotatable bonds is 12. The molecule has 1 aliphatic rings. The summed E-state index contributed by atoms with van der Waals surface area (Å²) >= 11 is 1.53. The number of carbonyl (C=O) groups excluding carboxylic acids is 1. The van der Waals surface area contributed by atoms with Crippen molar-refractivity contribution in [1.29, 1.82) is 0 Å². The van der Waals surface area contributed by atoms with E-state index < -0.39 is 0 Å². The van der Waals surface area contributed by atoms with E-state index in [0.29, 0.717) is 30.2 Å². The largest absolute Gasteiger partial charge is 0.455 e. The van der Waals surface area contributed by atoms with Crippen LogP contribution in [0, 0.1) is 0 Å². The van der Waals surface area contributed by atoms with Crippen molar-refractivity contribution in [2.45, 2.75) is 30.7 Å². The maximum absolute atomic E-state index is 12.5. The smallest absolute Gasteiger partial charge is 0.287 e. The predicted molar refractivity (Wildman–Crippen MR) is 164 cm³/mol. The number of amides is 1. The lowest BCUT2D eigenvalue weighted by Gasteiger charge is -2.35. The lowest BCUT2D eigenvalue weighted by atomic mass is 10.2. The fourth-order valence-corrected chi connectivity index (χ4v) is 5.35. The Labute approximate surface area is 245 Å². The first kappa shape index (κ1) is 28.6. The summed E-state index contributed by atoms with van der Waals surface area (Å²) in [6, 6.07) is 21.8. The highest BCUT2D eigenvalue weighted by Crippen LogP contribution is 2.25. The van der Waals surface area contributed by atoms with Crippen molar-refractivity contribution >= 4 is 29.6 Å². The molecule has 1 fully saturated rings. The van der Waals surface area contributed by atoms with Crippen LogP contribution >= 0.6 is 11.8 Å². The highest BCUT2D eigenvalue weighted by molar-refractivity contribution is 7.98. The minimum atomic E-state index is -0.224. The monoisotopic (exact) mass is 568 g/mol. The molecule has 9 heteroatoms. The first-order chi connectivity index (χ1) is 20.2. The average Bonchev–Trinajstić information content (AvgIpc) is 3.51. The minimum Gasteiger partial charge on any atom is -0.455 e. The summed E-state index contributed by atoms with van der Waals surface area (Å²) in [5.41, 5.74) is 3.20. The van der Waals surface area contributed by atoms with Gasteiger partial charge in [-0.3, -0.25) is 14.7 Å². The molecule has 0 radical (unpaired) electrons. The first-order valence-corrected chi connectivity index (χ1v) is 15.1. The Morgan fingerprint density at radius 3 is 2.61 bits per heavy atom. The number of aryl methyl sites for hydroxylation is 1. The fourth-order valence-electron chi connectivity index (χ4n) is 4.58. The van der Waals surface area contributed by atoms with Crippen LogP contribution in [0.25, 0.3) is 6.08 Å². The number of aromatic nitrogens is 3. The normalized spacial score (nSPS) is 14.0. The molecule has 1 N–H and O–H groups in total. The van der Waals surface area contributed by atoms with Crippen LogP contribution < -0.4 is 10.2 Å². The molecule has 5 rings (SSSR count). The summed E-state index contributed by atoms with van der Waals surface area (Å²) in [7, 11) is 0. The minimum absolute atomic E-state index is 0.224. The number of piperazine rings is 1. The second-order valence-electron chi connectivity index (χ2n) is 9.84. The molecule has 0 bridgehead atoms. The maximum Gasteiger partial charge on any atom is 0.287 e. The number of benzene rings is 1. The van der Waals surface area contributed by atoms with Gasteiger partial charge in [0, 0.05) is 69.3 Å². The lowest BCUT2D eigenvalue weighted by Crippen LogP contribution is -2.46. The Kier molecular flexibility index (Phi) is 10.2. The van der Waals surface area contributed by atoms with Crippen LogP contribution in [0.3, 0.4) is 0 Å². The Morgan fingerprint density at radius 2 is 1.83 bits per heavy atom. The van der Waals surface area contributed by atoms with Crippen molar-refractivity contribution < 1.29 is 9.21 Å². The number of nitrogens with zero attached hydrogens (tertiary/aromatic N) is 5. The molecule has 0 unspecified atom stereocenters. The average molecular weight is 569 g/mol. The molecule has 1 aliphatic heterocycles. The van der Waals surface area contributed by atoms with Crippen LogP contribution in [0.2, 0.25) is 0 Å². The van der Waals surface area contributed by atoms with Gasteiger partial charge < -0.3 is 14.6 Å². The molecule has 1 aromatic carbocycles. The van der Waals surface area contributed by atoms with Gasteiger partial charge in [-0.1, -0.05) is 67.2 Å². The number of thioether (sulfide) groups is 1. The van der Waals surface area contributed by atoms with E-state index in [0.717, 1.165) is 61.5 Å². The molecule has 0 aliphatic carbocycles. The number of hydrogen-bond acceptors (Lipinski definition) is 8. The van der Waals surface area contributed by atoms with Gasteiger partial charge in [0.2, 0.25) is 0 Å². The summed E-state index contributed by atoms with van der Waals surface area (Å²) in [6.07, 6.45) is 7.70. The van der Waals surface area contributed by atoms with Crippen molar-refractivity contribution in [3.8, 4) is 0 Å². The van der Waals surface area contributed by atoms with Crippen LogP contribution in [0.1, 0.15) is 40.2 Å². The van der Waals surface area contributed by atoms with Gasteiger partial charge in [0.25, 0.3) is 5.91 Å².